The van der Waals surface area contributed by atoms with Crippen LogP contribution in [0.3, 0.4) is 0 Å². The number of amides is 2. The van der Waals surface area contributed by atoms with Gasteiger partial charge in [0.2, 0.25) is 11.3 Å². The summed E-state index contributed by atoms with van der Waals surface area (Å²) < 4.78 is 0. The Labute approximate surface area is 177 Å². The fourth-order valence-electron chi connectivity index (χ4n) is 4.58. The minimum absolute atomic E-state index is 0.0390. The van der Waals surface area contributed by atoms with Crippen LogP contribution >= 0.6 is 0 Å². The van der Waals surface area contributed by atoms with E-state index in [0.717, 1.165) is 13.0 Å². The molecule has 2 unspecified atom stereocenters. The number of aromatic nitrogens is 1. The number of likely N-dealkylation sites (tertiary alicyclic amines) is 1. The monoisotopic (exact) mass is 409 g/mol. The summed E-state index contributed by atoms with van der Waals surface area (Å²) in [6, 6.07) is 7.00. The molecule has 2 heterocycles. The number of carbonyl (C=O) groups is 2. The third-order valence-corrected chi connectivity index (χ3v) is 6.95. The molecule has 0 spiro atoms. The van der Waals surface area contributed by atoms with Crippen LogP contribution in [0.15, 0.2) is 35.3 Å². The Balaban J connectivity index is 1.45. The molecule has 1 aromatic heterocycles. The second-order valence-electron chi connectivity index (χ2n) is 9.70. The second-order valence-corrected chi connectivity index (χ2v) is 9.70. The molecule has 4 rings (SSSR count). The van der Waals surface area contributed by atoms with Gasteiger partial charge in [-0.1, -0.05) is 32.9 Å². The molecule has 2 N–H and O–H groups in total. The van der Waals surface area contributed by atoms with E-state index >= 15 is 0 Å². The van der Waals surface area contributed by atoms with Crippen molar-refractivity contribution >= 4 is 22.7 Å². The lowest BCUT2D eigenvalue weighted by atomic mass is 9.83. The van der Waals surface area contributed by atoms with E-state index in [-0.39, 0.29) is 40.2 Å². The summed E-state index contributed by atoms with van der Waals surface area (Å²) in [6.07, 6.45) is 5.31. The standard InChI is InChI=1S/C24H31N3O3/c1-15-10-11-27(21(28)12-24(2,3)16-8-9-16)14-20(15)26-23(30)18-13-25-19-7-5-4-6-17(19)22(18)29/h4-7,13,15-16,20H,8-12,14H2,1-3H3,(H,25,29)(H,26,30). The van der Waals surface area contributed by atoms with Crippen LogP contribution in [0.5, 0.6) is 0 Å². The Morgan fingerprint density at radius 1 is 1.20 bits per heavy atom. The molecular formula is C24H31N3O3. The number of aromatic amines is 1. The molecule has 1 saturated carbocycles. The van der Waals surface area contributed by atoms with Crippen LogP contribution in [-0.2, 0) is 4.79 Å². The molecule has 1 saturated heterocycles. The first kappa shape index (κ1) is 20.6. The van der Waals surface area contributed by atoms with E-state index in [1.54, 1.807) is 12.1 Å². The smallest absolute Gasteiger partial charge is 0.257 e. The number of nitrogens with one attached hydrogen (secondary N) is 2. The second kappa shape index (κ2) is 7.89. The maximum Gasteiger partial charge on any atom is 0.257 e. The highest BCUT2D eigenvalue weighted by Gasteiger charge is 2.40. The number of hydrogen-bond acceptors (Lipinski definition) is 3. The summed E-state index contributed by atoms with van der Waals surface area (Å²) in [7, 11) is 0. The maximum atomic E-state index is 12.9. The number of piperidine rings is 1. The number of nitrogens with zero attached hydrogens (tertiary/aromatic N) is 1. The molecule has 2 aliphatic rings. The van der Waals surface area contributed by atoms with Crippen molar-refractivity contribution in [3.05, 3.63) is 46.2 Å². The highest BCUT2D eigenvalue weighted by molar-refractivity contribution is 5.97. The molecule has 2 amide bonds. The van der Waals surface area contributed by atoms with E-state index in [2.05, 4.69) is 31.1 Å². The zero-order valence-electron chi connectivity index (χ0n) is 18.0. The molecule has 160 valence electrons. The maximum absolute atomic E-state index is 12.9. The van der Waals surface area contributed by atoms with E-state index in [4.69, 9.17) is 0 Å². The number of para-hydroxylation sites is 1. The highest BCUT2D eigenvalue weighted by Crippen LogP contribution is 2.47. The van der Waals surface area contributed by atoms with Gasteiger partial charge in [0.05, 0.1) is 0 Å². The molecular weight excluding hydrogens is 378 g/mol. The molecule has 1 aliphatic carbocycles. The molecule has 2 atom stereocenters. The van der Waals surface area contributed by atoms with Crippen LogP contribution in [0.25, 0.3) is 10.9 Å². The molecule has 2 aromatic rings. The average Bonchev–Trinajstić information content (AvgIpc) is 3.56. The first-order chi connectivity index (χ1) is 14.3. The van der Waals surface area contributed by atoms with E-state index < -0.39 is 0 Å². The van der Waals surface area contributed by atoms with Crippen LogP contribution in [0, 0.1) is 17.3 Å². The lowest BCUT2D eigenvalue weighted by Gasteiger charge is -2.39. The van der Waals surface area contributed by atoms with E-state index in [1.165, 1.54) is 19.0 Å². The largest absolute Gasteiger partial charge is 0.360 e. The number of benzene rings is 1. The Morgan fingerprint density at radius 3 is 2.67 bits per heavy atom. The molecule has 0 radical (unpaired) electrons. The summed E-state index contributed by atoms with van der Waals surface area (Å²) in [5, 5.41) is 3.52. The first-order valence-electron chi connectivity index (χ1n) is 11.0. The van der Waals surface area contributed by atoms with E-state index in [1.807, 2.05) is 17.0 Å². The van der Waals surface area contributed by atoms with Crippen LogP contribution in [0.2, 0.25) is 0 Å². The van der Waals surface area contributed by atoms with Gasteiger partial charge in [-0.2, -0.15) is 0 Å². The van der Waals surface area contributed by atoms with Gasteiger partial charge in [-0.05, 0) is 48.6 Å². The Morgan fingerprint density at radius 2 is 1.93 bits per heavy atom. The molecule has 0 bridgehead atoms. The van der Waals surface area contributed by atoms with Gasteiger partial charge in [-0.25, -0.2) is 0 Å². The van der Waals surface area contributed by atoms with Crippen molar-refractivity contribution in [2.45, 2.75) is 52.5 Å². The normalized spacial score (nSPS) is 22.2. The molecule has 30 heavy (non-hydrogen) atoms. The number of fused-ring (bicyclic) bond motifs is 1. The van der Waals surface area contributed by atoms with Crippen molar-refractivity contribution in [2.24, 2.45) is 17.3 Å². The predicted octanol–water partition coefficient (Wildman–Crippen LogP) is 3.32. The summed E-state index contributed by atoms with van der Waals surface area (Å²) in [4.78, 5) is 43.5. The molecule has 2 fully saturated rings. The van der Waals surface area contributed by atoms with Crippen molar-refractivity contribution in [3.63, 3.8) is 0 Å². The van der Waals surface area contributed by atoms with Gasteiger partial charge in [0.25, 0.3) is 5.91 Å². The van der Waals surface area contributed by atoms with Crippen LogP contribution in [0.4, 0.5) is 0 Å². The molecule has 1 aliphatic heterocycles. The number of H-pyrrole nitrogens is 1. The van der Waals surface area contributed by atoms with Crippen molar-refractivity contribution in [1.29, 1.82) is 0 Å². The van der Waals surface area contributed by atoms with Crippen molar-refractivity contribution in [3.8, 4) is 0 Å². The summed E-state index contributed by atoms with van der Waals surface area (Å²) >= 11 is 0. The summed E-state index contributed by atoms with van der Waals surface area (Å²) in [5.74, 6) is 0.683. The van der Waals surface area contributed by atoms with Gasteiger partial charge in [0, 0.05) is 42.7 Å². The Kier molecular flexibility index (Phi) is 5.43. The number of pyridine rings is 1. The van der Waals surface area contributed by atoms with Crippen molar-refractivity contribution < 1.29 is 9.59 Å². The predicted molar refractivity (Wildman–Crippen MR) is 117 cm³/mol. The fourth-order valence-corrected chi connectivity index (χ4v) is 4.58. The fraction of sp³-hybridized carbons (Fsp3) is 0.542. The van der Waals surface area contributed by atoms with E-state index in [9.17, 15) is 14.4 Å². The molecule has 6 nitrogen and oxygen atoms in total. The first-order valence-corrected chi connectivity index (χ1v) is 11.0. The van der Waals surface area contributed by atoms with Crippen molar-refractivity contribution in [1.82, 2.24) is 15.2 Å². The van der Waals surface area contributed by atoms with Gasteiger partial charge in [0.15, 0.2) is 0 Å². The molecule has 6 heteroatoms. The van der Waals surface area contributed by atoms with Crippen LogP contribution < -0.4 is 10.7 Å². The lowest BCUT2D eigenvalue weighted by Crippen LogP contribution is -2.54. The zero-order chi connectivity index (χ0) is 21.5. The quantitative estimate of drug-likeness (QED) is 0.795. The topological polar surface area (TPSA) is 82.3 Å². The lowest BCUT2D eigenvalue weighted by molar-refractivity contribution is -0.135. The van der Waals surface area contributed by atoms with Crippen molar-refractivity contribution in [2.75, 3.05) is 13.1 Å². The summed E-state index contributed by atoms with van der Waals surface area (Å²) in [6.45, 7) is 7.67. The minimum Gasteiger partial charge on any atom is -0.360 e. The highest BCUT2D eigenvalue weighted by atomic mass is 16.2. The van der Waals surface area contributed by atoms with E-state index in [0.29, 0.717) is 29.8 Å². The number of hydrogen-bond donors (Lipinski definition) is 2. The van der Waals surface area contributed by atoms with Crippen LogP contribution in [-0.4, -0.2) is 40.8 Å². The summed E-state index contributed by atoms with van der Waals surface area (Å²) in [5.41, 5.74) is 0.584. The third-order valence-electron chi connectivity index (χ3n) is 6.95. The van der Waals surface area contributed by atoms with Gasteiger partial charge < -0.3 is 15.2 Å². The van der Waals surface area contributed by atoms with Gasteiger partial charge in [-0.15, -0.1) is 0 Å². The van der Waals surface area contributed by atoms with Gasteiger partial charge >= 0.3 is 0 Å². The molecule has 1 aromatic carbocycles. The van der Waals surface area contributed by atoms with Gasteiger partial charge in [0.1, 0.15) is 5.56 Å². The average molecular weight is 410 g/mol. The Hall–Kier alpha value is -2.63. The zero-order valence-corrected chi connectivity index (χ0v) is 18.0. The number of carbonyl (C=O) groups excluding carboxylic acids is 2. The SMILES string of the molecule is CC1CCN(C(=O)CC(C)(C)C2CC2)CC1NC(=O)c1c[nH]c2ccccc2c1=O. The van der Waals surface area contributed by atoms with Crippen LogP contribution in [0.1, 0.15) is 56.8 Å². The minimum atomic E-state index is -0.383. The number of rotatable bonds is 5. The third kappa shape index (κ3) is 4.13. The van der Waals surface area contributed by atoms with Gasteiger partial charge in [-0.3, -0.25) is 14.4 Å². The Bertz CT molecular complexity index is 1020.